The molecule has 0 aliphatic carbocycles. The number of unbranched alkanes of at least 4 members (excludes halogenated alkanes) is 2. The SMILES string of the molecule is C=CCCCOC(=O)[C@@H]1[C@H]2C(=O)N(CCO)C(C(=O)N(CC=C)CCCC)C23CC[C@@]1(CC)O3. The van der Waals surface area contributed by atoms with Crippen LogP contribution >= 0.6 is 0 Å². The summed E-state index contributed by atoms with van der Waals surface area (Å²) in [6, 6.07) is -0.874. The van der Waals surface area contributed by atoms with E-state index in [1.807, 2.05) is 6.92 Å². The molecule has 0 aromatic heterocycles. The maximum absolute atomic E-state index is 13.9. The van der Waals surface area contributed by atoms with Crippen molar-refractivity contribution >= 4 is 17.8 Å². The summed E-state index contributed by atoms with van der Waals surface area (Å²) in [4.78, 5) is 44.1. The quantitative estimate of drug-likeness (QED) is 0.235. The van der Waals surface area contributed by atoms with Crippen LogP contribution in [-0.2, 0) is 23.9 Å². The molecule has 0 aromatic rings. The van der Waals surface area contributed by atoms with Gasteiger partial charge >= 0.3 is 5.97 Å². The molecule has 3 heterocycles. The molecule has 0 aromatic carbocycles. The average Bonchev–Trinajstić information content (AvgIpc) is 3.43. The fourth-order valence-electron chi connectivity index (χ4n) is 6.16. The van der Waals surface area contributed by atoms with Crippen LogP contribution in [0.4, 0.5) is 0 Å². The van der Waals surface area contributed by atoms with Crippen LogP contribution < -0.4 is 0 Å². The minimum atomic E-state index is -1.09. The van der Waals surface area contributed by atoms with E-state index >= 15 is 0 Å². The summed E-state index contributed by atoms with van der Waals surface area (Å²) in [6.45, 7) is 12.4. The molecule has 5 atom stereocenters. The zero-order valence-electron chi connectivity index (χ0n) is 20.7. The standard InChI is InChI=1S/C26H40N2O6/c1-5-9-11-18-33-24(32)20-19-22(30)28(16-17-29)21(23(31)27(14-7-3)15-10-6-2)26(19)13-12-25(20,8-4)34-26/h5,7,19-21,29H,1,3,6,8-18H2,2,4H3/t19-,20-,21?,25+,26?/m0/s1. The summed E-state index contributed by atoms with van der Waals surface area (Å²) in [5.41, 5.74) is -1.90. The van der Waals surface area contributed by atoms with Gasteiger partial charge in [0.15, 0.2) is 0 Å². The van der Waals surface area contributed by atoms with Crippen LogP contribution in [0.25, 0.3) is 0 Å². The first-order valence-corrected chi connectivity index (χ1v) is 12.7. The van der Waals surface area contributed by atoms with E-state index in [-0.39, 0.29) is 31.6 Å². The lowest BCUT2D eigenvalue weighted by Gasteiger charge is -2.36. The van der Waals surface area contributed by atoms with Crippen LogP contribution in [0.5, 0.6) is 0 Å². The normalized spacial score (nSPS) is 31.4. The van der Waals surface area contributed by atoms with Crippen LogP contribution in [0.15, 0.2) is 25.3 Å². The second-order valence-electron chi connectivity index (χ2n) is 9.61. The van der Waals surface area contributed by atoms with E-state index in [1.54, 1.807) is 17.1 Å². The van der Waals surface area contributed by atoms with Gasteiger partial charge in [-0.2, -0.15) is 0 Å². The predicted octanol–water partition coefficient (Wildman–Crippen LogP) is 2.46. The number of β-amino-alcohol motifs (C(OH)–C–C–N with tert-alkyl or cyclic N) is 1. The Balaban J connectivity index is 1.97. The molecular weight excluding hydrogens is 436 g/mol. The van der Waals surface area contributed by atoms with E-state index in [2.05, 4.69) is 20.1 Å². The Labute approximate surface area is 202 Å². The highest BCUT2D eigenvalue weighted by Crippen LogP contribution is 2.64. The van der Waals surface area contributed by atoms with Crippen molar-refractivity contribution in [2.45, 2.75) is 76.0 Å². The van der Waals surface area contributed by atoms with Crippen LogP contribution in [0.2, 0.25) is 0 Å². The minimum Gasteiger partial charge on any atom is -0.465 e. The summed E-state index contributed by atoms with van der Waals surface area (Å²) in [7, 11) is 0. The Bertz CT molecular complexity index is 800. The minimum absolute atomic E-state index is 0.0206. The molecule has 2 bridgehead atoms. The fourth-order valence-corrected chi connectivity index (χ4v) is 6.16. The molecule has 3 aliphatic heterocycles. The van der Waals surface area contributed by atoms with Gasteiger partial charge in [0.05, 0.1) is 24.7 Å². The zero-order chi connectivity index (χ0) is 24.9. The van der Waals surface area contributed by atoms with Crippen LogP contribution in [0, 0.1) is 11.8 Å². The topological polar surface area (TPSA) is 96.4 Å². The predicted molar refractivity (Wildman–Crippen MR) is 128 cm³/mol. The summed E-state index contributed by atoms with van der Waals surface area (Å²) >= 11 is 0. The molecular formula is C26H40N2O6. The van der Waals surface area contributed by atoms with E-state index in [0.29, 0.717) is 38.8 Å². The number of carbonyl (C=O) groups excluding carboxylic acids is 3. The van der Waals surface area contributed by atoms with Gasteiger partial charge in [-0.1, -0.05) is 32.4 Å². The van der Waals surface area contributed by atoms with Crippen molar-refractivity contribution in [1.29, 1.82) is 0 Å². The van der Waals surface area contributed by atoms with Crippen molar-refractivity contribution < 1.29 is 29.0 Å². The van der Waals surface area contributed by atoms with Crippen molar-refractivity contribution in [2.75, 3.05) is 32.8 Å². The second kappa shape index (κ2) is 11.0. The molecule has 8 heteroatoms. The maximum Gasteiger partial charge on any atom is 0.312 e. The van der Waals surface area contributed by atoms with Gasteiger partial charge in [0, 0.05) is 19.6 Å². The van der Waals surface area contributed by atoms with Crippen molar-refractivity contribution in [1.82, 2.24) is 9.80 Å². The highest BCUT2D eigenvalue weighted by atomic mass is 16.6. The lowest BCUT2D eigenvalue weighted by Crippen LogP contribution is -2.56. The summed E-state index contributed by atoms with van der Waals surface area (Å²) in [5, 5.41) is 9.72. The number of allylic oxidation sites excluding steroid dienone is 1. The molecule has 0 radical (unpaired) electrons. The molecule has 2 unspecified atom stereocenters. The molecule has 190 valence electrons. The Morgan fingerprint density at radius 2 is 2.03 bits per heavy atom. The first kappa shape index (κ1) is 26.4. The third kappa shape index (κ3) is 4.31. The second-order valence-corrected chi connectivity index (χ2v) is 9.61. The van der Waals surface area contributed by atoms with Crippen molar-refractivity contribution in [3.63, 3.8) is 0 Å². The van der Waals surface area contributed by atoms with Crippen molar-refractivity contribution in [3.8, 4) is 0 Å². The van der Waals surface area contributed by atoms with Crippen LogP contribution in [0.1, 0.15) is 58.8 Å². The molecule has 3 fully saturated rings. The number of esters is 1. The van der Waals surface area contributed by atoms with Gasteiger partial charge in [0.1, 0.15) is 17.6 Å². The molecule has 3 saturated heterocycles. The molecule has 3 rings (SSSR count). The Morgan fingerprint density at radius 3 is 2.65 bits per heavy atom. The number of hydrogen-bond acceptors (Lipinski definition) is 6. The van der Waals surface area contributed by atoms with Crippen LogP contribution in [-0.4, -0.2) is 82.8 Å². The third-order valence-electron chi connectivity index (χ3n) is 7.75. The van der Waals surface area contributed by atoms with Crippen molar-refractivity contribution in [2.24, 2.45) is 11.8 Å². The lowest BCUT2D eigenvalue weighted by molar-refractivity contribution is -0.162. The van der Waals surface area contributed by atoms with Gasteiger partial charge in [-0.05, 0) is 38.5 Å². The van der Waals surface area contributed by atoms with E-state index in [1.165, 1.54) is 4.90 Å². The highest BCUT2D eigenvalue weighted by molar-refractivity contribution is 5.98. The highest BCUT2D eigenvalue weighted by Gasteiger charge is 2.79. The molecule has 8 nitrogen and oxygen atoms in total. The summed E-state index contributed by atoms with van der Waals surface area (Å²) in [5.74, 6) is -2.48. The van der Waals surface area contributed by atoms with Gasteiger partial charge in [-0.3, -0.25) is 14.4 Å². The zero-order valence-corrected chi connectivity index (χ0v) is 20.7. The lowest BCUT2D eigenvalue weighted by atomic mass is 9.65. The first-order valence-electron chi connectivity index (χ1n) is 12.7. The van der Waals surface area contributed by atoms with Gasteiger partial charge < -0.3 is 24.4 Å². The first-order chi connectivity index (χ1) is 16.4. The number of aliphatic hydroxyl groups is 1. The molecule has 0 saturated carbocycles. The fraction of sp³-hybridized carbons (Fsp3) is 0.731. The molecule has 1 N–H and O–H groups in total. The van der Waals surface area contributed by atoms with Gasteiger partial charge in [-0.25, -0.2) is 0 Å². The number of fused-ring (bicyclic) bond motifs is 1. The van der Waals surface area contributed by atoms with E-state index in [0.717, 1.165) is 19.3 Å². The Morgan fingerprint density at radius 1 is 1.26 bits per heavy atom. The molecule has 34 heavy (non-hydrogen) atoms. The average molecular weight is 477 g/mol. The van der Waals surface area contributed by atoms with E-state index in [9.17, 15) is 19.5 Å². The Hall–Kier alpha value is -2.19. The molecule has 3 aliphatic rings. The van der Waals surface area contributed by atoms with Gasteiger partial charge in [0.2, 0.25) is 11.8 Å². The van der Waals surface area contributed by atoms with E-state index in [4.69, 9.17) is 9.47 Å². The molecule has 1 spiro atoms. The van der Waals surface area contributed by atoms with Crippen LogP contribution in [0.3, 0.4) is 0 Å². The summed E-state index contributed by atoms with van der Waals surface area (Å²) in [6.07, 6.45) is 8.27. The van der Waals surface area contributed by atoms with Gasteiger partial charge in [-0.15, -0.1) is 13.2 Å². The smallest absolute Gasteiger partial charge is 0.312 e. The maximum atomic E-state index is 13.9. The number of ether oxygens (including phenoxy) is 2. The number of carbonyl (C=O) groups is 3. The monoisotopic (exact) mass is 476 g/mol. The number of aliphatic hydroxyl groups excluding tert-OH is 1. The number of amides is 2. The number of likely N-dealkylation sites (tertiary alicyclic amines) is 1. The van der Waals surface area contributed by atoms with Crippen molar-refractivity contribution in [3.05, 3.63) is 25.3 Å². The number of hydrogen-bond donors (Lipinski definition) is 1. The third-order valence-corrected chi connectivity index (χ3v) is 7.75. The Kier molecular flexibility index (Phi) is 8.57. The summed E-state index contributed by atoms with van der Waals surface area (Å²) < 4.78 is 12.3. The number of nitrogens with zero attached hydrogens (tertiary/aromatic N) is 2. The molecule has 2 amide bonds. The van der Waals surface area contributed by atoms with Gasteiger partial charge in [0.25, 0.3) is 0 Å². The van der Waals surface area contributed by atoms with E-state index < -0.39 is 35.0 Å². The number of rotatable bonds is 14. The largest absolute Gasteiger partial charge is 0.465 e.